The van der Waals surface area contributed by atoms with Gasteiger partial charge in [-0.25, -0.2) is 0 Å². The molecular formula is C25H27N3O4. The third-order valence-corrected chi connectivity index (χ3v) is 6.62. The first-order chi connectivity index (χ1) is 15.7. The number of H-pyrrole nitrogens is 1. The van der Waals surface area contributed by atoms with Crippen LogP contribution in [0.5, 0.6) is 17.2 Å². The molecule has 1 aromatic heterocycles. The second-order valence-corrected chi connectivity index (χ2v) is 8.25. The summed E-state index contributed by atoms with van der Waals surface area (Å²) in [5, 5.41) is 7.60. The molecule has 2 heterocycles. The summed E-state index contributed by atoms with van der Waals surface area (Å²) in [5.74, 6) is 2.19. The van der Waals surface area contributed by atoms with Crippen LogP contribution in [0.1, 0.15) is 53.3 Å². The van der Waals surface area contributed by atoms with Crippen molar-refractivity contribution in [2.24, 2.45) is 0 Å². The minimum Gasteiger partial charge on any atom is -0.497 e. The van der Waals surface area contributed by atoms with E-state index in [-0.39, 0.29) is 18.0 Å². The molecule has 2 aromatic carbocycles. The maximum atomic E-state index is 13.6. The van der Waals surface area contributed by atoms with Crippen LogP contribution in [-0.2, 0) is 0 Å². The predicted molar refractivity (Wildman–Crippen MR) is 120 cm³/mol. The number of carbonyl (C=O) groups is 1. The fraction of sp³-hybridized carbons (Fsp3) is 0.360. The lowest BCUT2D eigenvalue weighted by molar-refractivity contribution is 0.0658. The highest BCUT2D eigenvalue weighted by Crippen LogP contribution is 2.48. The summed E-state index contributed by atoms with van der Waals surface area (Å²) in [5.41, 5.74) is 4.10. The first-order valence-corrected chi connectivity index (χ1v) is 10.9. The lowest BCUT2D eigenvalue weighted by atomic mass is 9.94. The van der Waals surface area contributed by atoms with E-state index in [2.05, 4.69) is 10.2 Å². The van der Waals surface area contributed by atoms with Crippen LogP contribution in [0.25, 0.3) is 11.3 Å². The number of amides is 1. The average Bonchev–Trinajstić information content (AvgIpc) is 3.56. The van der Waals surface area contributed by atoms with Gasteiger partial charge in [0.1, 0.15) is 22.9 Å². The Morgan fingerprint density at radius 2 is 1.62 bits per heavy atom. The van der Waals surface area contributed by atoms with Gasteiger partial charge in [-0.05, 0) is 49.2 Å². The summed E-state index contributed by atoms with van der Waals surface area (Å²) >= 11 is 0. The number of fused-ring (bicyclic) bond motifs is 1. The lowest BCUT2D eigenvalue weighted by Gasteiger charge is -2.32. The normalized spacial score (nSPS) is 18.2. The van der Waals surface area contributed by atoms with Crippen molar-refractivity contribution in [1.82, 2.24) is 15.1 Å². The predicted octanol–water partition coefficient (Wildman–Crippen LogP) is 4.59. The van der Waals surface area contributed by atoms with Crippen molar-refractivity contribution in [1.29, 1.82) is 0 Å². The van der Waals surface area contributed by atoms with E-state index in [1.807, 2.05) is 47.4 Å². The van der Waals surface area contributed by atoms with Gasteiger partial charge in [-0.3, -0.25) is 9.89 Å². The van der Waals surface area contributed by atoms with Crippen LogP contribution in [0, 0.1) is 0 Å². The van der Waals surface area contributed by atoms with Crippen LogP contribution in [0.4, 0.5) is 0 Å². The van der Waals surface area contributed by atoms with Crippen LogP contribution >= 0.6 is 0 Å². The molecule has 7 heteroatoms. The molecule has 0 spiro atoms. The van der Waals surface area contributed by atoms with E-state index >= 15 is 0 Å². The minimum atomic E-state index is -0.280. The molecule has 1 fully saturated rings. The second-order valence-electron chi connectivity index (χ2n) is 8.25. The number of aromatic amines is 1. The Morgan fingerprint density at radius 1 is 0.938 bits per heavy atom. The minimum absolute atomic E-state index is 0.00188. The van der Waals surface area contributed by atoms with Gasteiger partial charge in [0.25, 0.3) is 5.91 Å². The highest BCUT2D eigenvalue weighted by atomic mass is 16.5. The van der Waals surface area contributed by atoms with Gasteiger partial charge in [-0.1, -0.05) is 12.8 Å². The van der Waals surface area contributed by atoms with Crippen molar-refractivity contribution in [2.45, 2.75) is 37.8 Å². The van der Waals surface area contributed by atoms with Crippen molar-refractivity contribution < 1.29 is 19.0 Å². The van der Waals surface area contributed by atoms with Gasteiger partial charge < -0.3 is 19.1 Å². The largest absolute Gasteiger partial charge is 0.497 e. The van der Waals surface area contributed by atoms with Crippen molar-refractivity contribution >= 4 is 5.91 Å². The van der Waals surface area contributed by atoms with Crippen LogP contribution < -0.4 is 14.2 Å². The van der Waals surface area contributed by atoms with Crippen molar-refractivity contribution in [3.8, 4) is 28.5 Å². The van der Waals surface area contributed by atoms with E-state index in [1.165, 1.54) is 0 Å². The van der Waals surface area contributed by atoms with E-state index in [0.717, 1.165) is 53.8 Å². The summed E-state index contributed by atoms with van der Waals surface area (Å²) < 4.78 is 16.5. The molecule has 1 N–H and O–H groups in total. The van der Waals surface area contributed by atoms with Gasteiger partial charge in [-0.15, -0.1) is 0 Å². The lowest BCUT2D eigenvalue weighted by Crippen LogP contribution is -2.37. The van der Waals surface area contributed by atoms with Gasteiger partial charge in [0, 0.05) is 28.8 Å². The summed E-state index contributed by atoms with van der Waals surface area (Å²) in [6, 6.07) is 13.5. The molecule has 1 atom stereocenters. The van der Waals surface area contributed by atoms with Crippen molar-refractivity contribution in [2.75, 3.05) is 21.3 Å². The number of hydrogen-bond acceptors (Lipinski definition) is 5. The maximum absolute atomic E-state index is 13.6. The molecule has 1 saturated carbocycles. The zero-order valence-corrected chi connectivity index (χ0v) is 18.6. The monoisotopic (exact) mass is 433 g/mol. The number of benzene rings is 2. The molecule has 0 radical (unpaired) electrons. The Hall–Kier alpha value is -3.48. The Kier molecular flexibility index (Phi) is 5.25. The average molecular weight is 434 g/mol. The first kappa shape index (κ1) is 20.4. The van der Waals surface area contributed by atoms with E-state index in [1.54, 1.807) is 21.3 Å². The Bertz CT molecular complexity index is 1130. The zero-order chi connectivity index (χ0) is 22.2. The standard InChI is InChI=1S/C25H27N3O4/c1-30-17-10-8-15(9-11-17)22-21-23(27-26-22)25(29)28(16-6-4-5-7-16)24(21)19-13-12-18(31-2)14-20(19)32-3/h8-14,16,24H,4-7H2,1-3H3,(H,26,27). The van der Waals surface area contributed by atoms with Gasteiger partial charge in [-0.2, -0.15) is 5.10 Å². The molecule has 1 aliphatic heterocycles. The Labute approximate surface area is 187 Å². The number of ether oxygens (including phenoxy) is 3. The third kappa shape index (κ3) is 3.20. The Balaban J connectivity index is 1.68. The smallest absolute Gasteiger partial charge is 0.273 e. The number of methoxy groups -OCH3 is 3. The van der Waals surface area contributed by atoms with E-state index in [0.29, 0.717) is 17.2 Å². The van der Waals surface area contributed by atoms with Gasteiger partial charge in [0.05, 0.1) is 33.1 Å². The van der Waals surface area contributed by atoms with Crippen LogP contribution in [0.2, 0.25) is 0 Å². The maximum Gasteiger partial charge on any atom is 0.273 e. The molecule has 166 valence electrons. The van der Waals surface area contributed by atoms with Gasteiger partial charge >= 0.3 is 0 Å². The molecular weight excluding hydrogens is 406 g/mol. The highest BCUT2D eigenvalue weighted by Gasteiger charge is 2.46. The molecule has 0 saturated heterocycles. The highest BCUT2D eigenvalue weighted by molar-refractivity contribution is 6.00. The molecule has 1 unspecified atom stereocenters. The molecule has 7 nitrogen and oxygen atoms in total. The molecule has 1 aliphatic carbocycles. The van der Waals surface area contributed by atoms with Crippen LogP contribution in [0.3, 0.4) is 0 Å². The number of nitrogens with zero attached hydrogens (tertiary/aromatic N) is 2. The molecule has 3 aromatic rings. The van der Waals surface area contributed by atoms with E-state index < -0.39 is 0 Å². The van der Waals surface area contributed by atoms with Crippen molar-refractivity contribution in [3.63, 3.8) is 0 Å². The second kappa shape index (κ2) is 8.22. The first-order valence-electron chi connectivity index (χ1n) is 10.9. The fourth-order valence-electron chi connectivity index (χ4n) is 5.04. The molecule has 5 rings (SSSR count). The summed E-state index contributed by atoms with van der Waals surface area (Å²) in [6.45, 7) is 0. The van der Waals surface area contributed by atoms with Crippen LogP contribution in [0.15, 0.2) is 42.5 Å². The van der Waals surface area contributed by atoms with Gasteiger partial charge in [0.15, 0.2) is 0 Å². The third-order valence-electron chi connectivity index (χ3n) is 6.62. The van der Waals surface area contributed by atoms with E-state index in [9.17, 15) is 4.79 Å². The Morgan fingerprint density at radius 3 is 2.28 bits per heavy atom. The molecule has 1 amide bonds. The number of carbonyl (C=O) groups excluding carboxylic acids is 1. The summed E-state index contributed by atoms with van der Waals surface area (Å²) in [4.78, 5) is 15.6. The SMILES string of the molecule is COc1ccc(-c2n[nH]c3c2C(c2ccc(OC)cc2OC)N(C2CCCC2)C3=O)cc1. The molecule has 0 bridgehead atoms. The molecule has 32 heavy (non-hydrogen) atoms. The summed E-state index contributed by atoms with van der Waals surface area (Å²) in [7, 11) is 4.93. The van der Waals surface area contributed by atoms with Crippen LogP contribution in [-0.4, -0.2) is 48.4 Å². The number of nitrogens with one attached hydrogen (secondary N) is 1. The zero-order valence-electron chi connectivity index (χ0n) is 18.6. The summed E-state index contributed by atoms with van der Waals surface area (Å²) in [6.07, 6.45) is 4.30. The fourth-order valence-corrected chi connectivity index (χ4v) is 5.04. The molecule has 2 aliphatic rings. The number of hydrogen-bond donors (Lipinski definition) is 1. The van der Waals surface area contributed by atoms with Gasteiger partial charge in [0.2, 0.25) is 0 Å². The number of aromatic nitrogens is 2. The topological polar surface area (TPSA) is 76.7 Å². The quantitative estimate of drug-likeness (QED) is 0.615. The van der Waals surface area contributed by atoms with Crippen molar-refractivity contribution in [3.05, 3.63) is 59.3 Å². The van der Waals surface area contributed by atoms with E-state index in [4.69, 9.17) is 14.2 Å². The number of rotatable bonds is 6.